The standard InChI is InChI=1S/C14H11N5O/c1-9-5-12(3-4-13(9)18-10(2)20)19-14(8-17)11(6-15)7-16/h3-5,19H,1-2H3,(H,18,20). The number of carbonyl (C=O) groups excluding carboxylic acids is 1. The van der Waals surface area contributed by atoms with Crippen molar-refractivity contribution < 1.29 is 4.79 Å². The van der Waals surface area contributed by atoms with Gasteiger partial charge in [-0.2, -0.15) is 15.8 Å². The second kappa shape index (κ2) is 6.58. The number of hydrogen-bond acceptors (Lipinski definition) is 5. The van der Waals surface area contributed by atoms with Gasteiger partial charge in [0, 0.05) is 18.3 Å². The molecule has 0 aliphatic heterocycles. The van der Waals surface area contributed by atoms with Crippen LogP contribution in [0.2, 0.25) is 0 Å². The molecular formula is C14H11N5O. The molecule has 0 spiro atoms. The fraction of sp³-hybridized carbons (Fsp3) is 0.143. The molecular weight excluding hydrogens is 254 g/mol. The van der Waals surface area contributed by atoms with Gasteiger partial charge in [0.2, 0.25) is 5.91 Å². The Hall–Kier alpha value is -3.30. The number of nitriles is 3. The Morgan fingerprint density at radius 2 is 1.75 bits per heavy atom. The van der Waals surface area contributed by atoms with Crippen LogP contribution in [0.3, 0.4) is 0 Å². The van der Waals surface area contributed by atoms with E-state index in [1.54, 1.807) is 43.3 Å². The molecule has 0 unspecified atom stereocenters. The summed E-state index contributed by atoms with van der Waals surface area (Å²) in [5.41, 5.74) is 1.61. The second-order valence-electron chi connectivity index (χ2n) is 3.92. The van der Waals surface area contributed by atoms with Crippen LogP contribution in [0.15, 0.2) is 29.5 Å². The van der Waals surface area contributed by atoms with E-state index in [1.165, 1.54) is 6.92 Å². The summed E-state index contributed by atoms with van der Waals surface area (Å²) in [4.78, 5) is 11.0. The molecule has 0 saturated heterocycles. The van der Waals surface area contributed by atoms with Gasteiger partial charge in [0.15, 0.2) is 5.57 Å². The van der Waals surface area contributed by atoms with Crippen LogP contribution >= 0.6 is 0 Å². The van der Waals surface area contributed by atoms with Crippen LogP contribution in [0, 0.1) is 40.9 Å². The largest absolute Gasteiger partial charge is 0.345 e. The molecule has 6 nitrogen and oxygen atoms in total. The highest BCUT2D eigenvalue weighted by Crippen LogP contribution is 2.21. The third kappa shape index (κ3) is 3.60. The fourth-order valence-corrected chi connectivity index (χ4v) is 1.50. The molecule has 0 aromatic heterocycles. The third-order valence-corrected chi connectivity index (χ3v) is 2.39. The quantitative estimate of drug-likeness (QED) is 0.813. The number of carbonyl (C=O) groups is 1. The summed E-state index contributed by atoms with van der Waals surface area (Å²) < 4.78 is 0. The van der Waals surface area contributed by atoms with E-state index in [4.69, 9.17) is 15.8 Å². The lowest BCUT2D eigenvalue weighted by atomic mass is 10.1. The zero-order chi connectivity index (χ0) is 15.1. The lowest BCUT2D eigenvalue weighted by Crippen LogP contribution is -2.07. The first-order chi connectivity index (χ1) is 9.51. The molecule has 0 fully saturated rings. The maximum atomic E-state index is 11.0. The topological polar surface area (TPSA) is 112 Å². The Bertz CT molecular complexity index is 682. The summed E-state index contributed by atoms with van der Waals surface area (Å²) in [7, 11) is 0. The van der Waals surface area contributed by atoms with E-state index < -0.39 is 0 Å². The normalized spacial score (nSPS) is 8.55. The number of benzene rings is 1. The molecule has 0 radical (unpaired) electrons. The number of nitrogens with zero attached hydrogens (tertiary/aromatic N) is 3. The Kier molecular flexibility index (Phi) is 4.86. The summed E-state index contributed by atoms with van der Waals surface area (Å²) in [6.07, 6.45) is 0. The Labute approximate surface area is 116 Å². The van der Waals surface area contributed by atoms with Crippen molar-refractivity contribution in [1.82, 2.24) is 0 Å². The van der Waals surface area contributed by atoms with Crippen LogP contribution in [0.4, 0.5) is 11.4 Å². The predicted molar refractivity (Wildman–Crippen MR) is 73.0 cm³/mol. The maximum Gasteiger partial charge on any atom is 0.221 e. The van der Waals surface area contributed by atoms with Crippen molar-refractivity contribution in [2.45, 2.75) is 13.8 Å². The van der Waals surface area contributed by atoms with Crippen LogP contribution in [0.5, 0.6) is 0 Å². The maximum absolute atomic E-state index is 11.0. The molecule has 0 aliphatic carbocycles. The van der Waals surface area contributed by atoms with Gasteiger partial charge in [0.1, 0.15) is 23.9 Å². The van der Waals surface area contributed by atoms with Crippen molar-refractivity contribution in [3.8, 4) is 18.2 Å². The zero-order valence-corrected chi connectivity index (χ0v) is 11.0. The average molecular weight is 265 g/mol. The van der Waals surface area contributed by atoms with E-state index >= 15 is 0 Å². The van der Waals surface area contributed by atoms with Crippen LogP contribution in [0.1, 0.15) is 12.5 Å². The smallest absolute Gasteiger partial charge is 0.221 e. The minimum absolute atomic E-state index is 0.110. The van der Waals surface area contributed by atoms with Crippen molar-refractivity contribution in [3.05, 3.63) is 35.0 Å². The third-order valence-electron chi connectivity index (χ3n) is 2.39. The highest BCUT2D eigenvalue weighted by molar-refractivity contribution is 5.89. The second-order valence-corrected chi connectivity index (χ2v) is 3.92. The number of amides is 1. The molecule has 98 valence electrons. The summed E-state index contributed by atoms with van der Waals surface area (Å²) in [5.74, 6) is -0.178. The molecule has 2 N–H and O–H groups in total. The van der Waals surface area contributed by atoms with Gasteiger partial charge < -0.3 is 10.6 Å². The Balaban J connectivity index is 3.08. The number of anilines is 2. The molecule has 0 heterocycles. The van der Waals surface area contributed by atoms with Crippen molar-refractivity contribution >= 4 is 17.3 Å². The summed E-state index contributed by atoms with van der Waals surface area (Å²) >= 11 is 0. The molecule has 6 heteroatoms. The minimum Gasteiger partial charge on any atom is -0.345 e. The number of allylic oxidation sites excluding steroid dienone is 2. The minimum atomic E-state index is -0.281. The van der Waals surface area contributed by atoms with Crippen LogP contribution in [-0.4, -0.2) is 5.91 Å². The van der Waals surface area contributed by atoms with Gasteiger partial charge >= 0.3 is 0 Å². The van der Waals surface area contributed by atoms with Gasteiger partial charge in [0.05, 0.1) is 0 Å². The lowest BCUT2D eigenvalue weighted by molar-refractivity contribution is -0.114. The van der Waals surface area contributed by atoms with Crippen LogP contribution in [-0.2, 0) is 4.79 Å². The monoisotopic (exact) mass is 265 g/mol. The first-order valence-electron chi connectivity index (χ1n) is 5.61. The van der Waals surface area contributed by atoms with Gasteiger partial charge in [-0.25, -0.2) is 0 Å². The van der Waals surface area contributed by atoms with Gasteiger partial charge in [-0.05, 0) is 30.7 Å². The Morgan fingerprint density at radius 3 is 2.20 bits per heavy atom. The first-order valence-corrected chi connectivity index (χ1v) is 5.61. The first kappa shape index (κ1) is 14.8. The van der Waals surface area contributed by atoms with E-state index in [9.17, 15) is 4.79 Å². The van der Waals surface area contributed by atoms with Crippen LogP contribution < -0.4 is 10.6 Å². The SMILES string of the molecule is CC(=O)Nc1ccc(NC(C#N)=C(C#N)C#N)cc1C. The van der Waals surface area contributed by atoms with Crippen molar-refractivity contribution in [2.75, 3.05) is 10.6 Å². The number of aryl methyl sites for hydroxylation is 1. The number of hydrogen-bond donors (Lipinski definition) is 2. The lowest BCUT2D eigenvalue weighted by Gasteiger charge is -2.10. The highest BCUT2D eigenvalue weighted by atomic mass is 16.1. The summed E-state index contributed by atoms with van der Waals surface area (Å²) in [5, 5.41) is 31.8. The van der Waals surface area contributed by atoms with Gasteiger partial charge in [-0.3, -0.25) is 4.79 Å². The molecule has 1 aromatic rings. The fourth-order valence-electron chi connectivity index (χ4n) is 1.50. The van der Waals surface area contributed by atoms with Gasteiger partial charge in [-0.1, -0.05) is 0 Å². The van der Waals surface area contributed by atoms with Gasteiger partial charge in [-0.15, -0.1) is 0 Å². The average Bonchev–Trinajstić information content (AvgIpc) is 2.41. The molecule has 1 amide bonds. The van der Waals surface area contributed by atoms with Crippen molar-refractivity contribution in [1.29, 1.82) is 15.8 Å². The molecule has 0 aliphatic rings. The van der Waals surface area contributed by atoms with Crippen molar-refractivity contribution in [2.24, 2.45) is 0 Å². The Morgan fingerprint density at radius 1 is 1.10 bits per heavy atom. The molecule has 0 saturated carbocycles. The van der Waals surface area contributed by atoms with E-state index in [2.05, 4.69) is 10.6 Å². The zero-order valence-electron chi connectivity index (χ0n) is 11.0. The highest BCUT2D eigenvalue weighted by Gasteiger charge is 2.07. The van der Waals surface area contributed by atoms with E-state index in [0.717, 1.165) is 5.56 Å². The predicted octanol–water partition coefficient (Wildman–Crippen LogP) is 2.19. The van der Waals surface area contributed by atoms with E-state index in [1.807, 2.05) is 0 Å². The molecule has 1 aromatic carbocycles. The number of nitrogens with one attached hydrogen (secondary N) is 2. The van der Waals surface area contributed by atoms with E-state index in [0.29, 0.717) is 11.4 Å². The number of rotatable bonds is 3. The summed E-state index contributed by atoms with van der Waals surface area (Å²) in [6.45, 7) is 3.20. The molecule has 0 atom stereocenters. The molecule has 1 rings (SSSR count). The van der Waals surface area contributed by atoms with Crippen molar-refractivity contribution in [3.63, 3.8) is 0 Å². The van der Waals surface area contributed by atoms with Gasteiger partial charge in [0.25, 0.3) is 0 Å². The molecule has 20 heavy (non-hydrogen) atoms. The summed E-state index contributed by atoms with van der Waals surface area (Å²) in [6, 6.07) is 10.1. The molecule has 0 bridgehead atoms. The van der Waals surface area contributed by atoms with Crippen LogP contribution in [0.25, 0.3) is 0 Å². The van der Waals surface area contributed by atoms with E-state index in [-0.39, 0.29) is 17.2 Å².